The predicted molar refractivity (Wildman–Crippen MR) is 82.2 cm³/mol. The smallest absolute Gasteiger partial charge is 0.171 e. The van der Waals surface area contributed by atoms with Crippen molar-refractivity contribution in [3.8, 4) is 5.75 Å². The number of aryl methyl sites for hydroxylation is 1. The Morgan fingerprint density at radius 3 is 2.67 bits per heavy atom. The fourth-order valence-electron chi connectivity index (χ4n) is 2.20. The maximum atomic E-state index is 6.19. The van der Waals surface area contributed by atoms with E-state index < -0.39 is 0 Å². The van der Waals surface area contributed by atoms with Crippen LogP contribution in [0.1, 0.15) is 36.5 Å². The van der Waals surface area contributed by atoms with Crippen LogP contribution in [-0.2, 0) is 11.3 Å². The first-order chi connectivity index (χ1) is 10.1. The molecule has 0 aliphatic carbocycles. The van der Waals surface area contributed by atoms with Crippen molar-refractivity contribution >= 4 is 0 Å². The van der Waals surface area contributed by atoms with E-state index in [2.05, 4.69) is 0 Å². The molecule has 0 aliphatic heterocycles. The molecular formula is C17H23NO3. The van der Waals surface area contributed by atoms with Gasteiger partial charge in [0.1, 0.15) is 17.3 Å². The molecule has 2 unspecified atom stereocenters. The second kappa shape index (κ2) is 7.29. The summed E-state index contributed by atoms with van der Waals surface area (Å²) in [6.45, 7) is 4.51. The van der Waals surface area contributed by atoms with Gasteiger partial charge in [-0.15, -0.1) is 0 Å². The first kappa shape index (κ1) is 15.6. The highest BCUT2D eigenvalue weighted by Crippen LogP contribution is 2.27. The Hall–Kier alpha value is -1.78. The quantitative estimate of drug-likeness (QED) is 0.846. The summed E-state index contributed by atoms with van der Waals surface area (Å²) in [6.07, 6.45) is 0.517. The largest absolute Gasteiger partial charge is 0.481 e. The van der Waals surface area contributed by atoms with E-state index in [9.17, 15) is 0 Å². The molecule has 0 aliphatic rings. The van der Waals surface area contributed by atoms with Gasteiger partial charge in [0.25, 0.3) is 0 Å². The normalized spacial score (nSPS) is 13.9. The molecule has 2 atom stereocenters. The summed E-state index contributed by atoms with van der Waals surface area (Å²) >= 11 is 0. The topological polar surface area (TPSA) is 57.6 Å². The molecular weight excluding hydrogens is 266 g/mol. The van der Waals surface area contributed by atoms with Crippen LogP contribution < -0.4 is 10.5 Å². The number of benzene rings is 1. The first-order valence-electron chi connectivity index (χ1n) is 7.20. The molecule has 1 aromatic carbocycles. The van der Waals surface area contributed by atoms with Crippen LogP contribution in [0.4, 0.5) is 0 Å². The maximum Gasteiger partial charge on any atom is 0.171 e. The van der Waals surface area contributed by atoms with E-state index in [0.29, 0.717) is 6.61 Å². The lowest BCUT2D eigenvalue weighted by molar-refractivity contribution is 0.142. The third-order valence-electron chi connectivity index (χ3n) is 3.37. The number of furan rings is 1. The lowest BCUT2D eigenvalue weighted by atomic mass is 10.1. The molecule has 114 valence electrons. The number of rotatable bonds is 7. The standard InChI is InChI=1S/C17H23NO3/c1-4-15(18)17(16-9-8-12(2)20-16)21-14-7-5-6-13(10-14)11-19-3/h5-10,15,17H,4,11,18H2,1-3H3. The van der Waals surface area contributed by atoms with Gasteiger partial charge in [-0.25, -0.2) is 0 Å². The Morgan fingerprint density at radius 2 is 2.05 bits per heavy atom. The van der Waals surface area contributed by atoms with Crippen molar-refractivity contribution in [2.75, 3.05) is 7.11 Å². The average Bonchev–Trinajstić information content (AvgIpc) is 2.91. The van der Waals surface area contributed by atoms with Crippen LogP contribution in [0.5, 0.6) is 5.75 Å². The molecule has 0 saturated heterocycles. The van der Waals surface area contributed by atoms with Crippen LogP contribution in [-0.4, -0.2) is 13.2 Å². The zero-order valence-electron chi connectivity index (χ0n) is 12.8. The SMILES string of the molecule is CCC(N)C(Oc1cccc(COC)c1)c1ccc(C)o1. The van der Waals surface area contributed by atoms with Crippen LogP contribution in [0.25, 0.3) is 0 Å². The van der Waals surface area contributed by atoms with Crippen molar-refractivity contribution in [3.63, 3.8) is 0 Å². The molecule has 0 spiro atoms. The second-order valence-corrected chi connectivity index (χ2v) is 5.14. The number of hydrogen-bond donors (Lipinski definition) is 1. The van der Waals surface area contributed by atoms with Gasteiger partial charge in [-0.1, -0.05) is 19.1 Å². The van der Waals surface area contributed by atoms with Crippen LogP contribution in [0, 0.1) is 6.92 Å². The van der Waals surface area contributed by atoms with Gasteiger partial charge in [0.2, 0.25) is 0 Å². The van der Waals surface area contributed by atoms with Crippen molar-refractivity contribution in [1.82, 2.24) is 0 Å². The molecule has 0 saturated carbocycles. The van der Waals surface area contributed by atoms with E-state index in [-0.39, 0.29) is 12.1 Å². The van der Waals surface area contributed by atoms with Gasteiger partial charge in [0.15, 0.2) is 6.10 Å². The fourth-order valence-corrected chi connectivity index (χ4v) is 2.20. The number of methoxy groups -OCH3 is 1. The molecule has 0 radical (unpaired) electrons. The van der Waals surface area contributed by atoms with Gasteiger partial charge in [-0.3, -0.25) is 0 Å². The summed E-state index contributed by atoms with van der Waals surface area (Å²) < 4.78 is 16.9. The number of nitrogens with two attached hydrogens (primary N) is 1. The lowest BCUT2D eigenvalue weighted by Crippen LogP contribution is -2.31. The van der Waals surface area contributed by atoms with Crippen molar-refractivity contribution in [2.45, 2.75) is 39.0 Å². The van der Waals surface area contributed by atoms with E-state index in [4.69, 9.17) is 19.6 Å². The van der Waals surface area contributed by atoms with Crippen LogP contribution in [0.2, 0.25) is 0 Å². The Bertz CT molecular complexity index is 565. The van der Waals surface area contributed by atoms with Crippen LogP contribution in [0.3, 0.4) is 0 Å². The fraction of sp³-hybridized carbons (Fsp3) is 0.412. The first-order valence-corrected chi connectivity index (χ1v) is 7.20. The van der Waals surface area contributed by atoms with Gasteiger partial charge in [-0.2, -0.15) is 0 Å². The summed E-state index contributed by atoms with van der Waals surface area (Å²) in [5.41, 5.74) is 7.26. The highest BCUT2D eigenvalue weighted by atomic mass is 16.5. The molecule has 2 aromatic rings. The van der Waals surface area contributed by atoms with Crippen molar-refractivity contribution < 1.29 is 13.9 Å². The van der Waals surface area contributed by atoms with E-state index in [1.807, 2.05) is 50.2 Å². The van der Waals surface area contributed by atoms with Crippen LogP contribution >= 0.6 is 0 Å². The minimum absolute atomic E-state index is 0.123. The molecule has 2 N–H and O–H groups in total. The zero-order chi connectivity index (χ0) is 15.2. The lowest BCUT2D eigenvalue weighted by Gasteiger charge is -2.22. The Morgan fingerprint density at radius 1 is 1.24 bits per heavy atom. The summed E-state index contributed by atoms with van der Waals surface area (Å²) in [7, 11) is 1.68. The minimum Gasteiger partial charge on any atom is -0.481 e. The highest BCUT2D eigenvalue weighted by Gasteiger charge is 2.23. The van der Waals surface area contributed by atoms with Crippen molar-refractivity contribution in [1.29, 1.82) is 0 Å². The average molecular weight is 289 g/mol. The molecule has 4 nitrogen and oxygen atoms in total. The highest BCUT2D eigenvalue weighted by molar-refractivity contribution is 5.29. The van der Waals surface area contributed by atoms with Gasteiger partial charge < -0.3 is 19.6 Å². The molecule has 4 heteroatoms. The molecule has 21 heavy (non-hydrogen) atoms. The Labute approximate surface area is 125 Å². The molecule has 1 heterocycles. The Balaban J connectivity index is 2.20. The summed E-state index contributed by atoms with van der Waals surface area (Å²) in [5, 5.41) is 0. The van der Waals surface area contributed by atoms with E-state index in [1.165, 1.54) is 0 Å². The summed E-state index contributed by atoms with van der Waals surface area (Å²) in [6, 6.07) is 11.6. The summed E-state index contributed by atoms with van der Waals surface area (Å²) in [4.78, 5) is 0. The minimum atomic E-state index is -0.290. The second-order valence-electron chi connectivity index (χ2n) is 5.14. The molecule has 2 rings (SSSR count). The maximum absolute atomic E-state index is 6.19. The Kier molecular flexibility index (Phi) is 5.42. The van der Waals surface area contributed by atoms with Gasteiger partial charge in [-0.05, 0) is 43.2 Å². The van der Waals surface area contributed by atoms with E-state index >= 15 is 0 Å². The number of ether oxygens (including phenoxy) is 2. The molecule has 1 aromatic heterocycles. The molecule has 0 fully saturated rings. The van der Waals surface area contributed by atoms with Gasteiger partial charge in [0.05, 0.1) is 6.61 Å². The van der Waals surface area contributed by atoms with Gasteiger partial charge in [0, 0.05) is 13.2 Å². The van der Waals surface area contributed by atoms with Gasteiger partial charge >= 0.3 is 0 Å². The van der Waals surface area contributed by atoms with Crippen molar-refractivity contribution in [2.24, 2.45) is 5.73 Å². The zero-order valence-corrected chi connectivity index (χ0v) is 12.8. The molecule has 0 amide bonds. The van der Waals surface area contributed by atoms with E-state index in [0.717, 1.165) is 29.3 Å². The van der Waals surface area contributed by atoms with E-state index in [1.54, 1.807) is 7.11 Å². The predicted octanol–water partition coefficient (Wildman–Crippen LogP) is 3.59. The summed E-state index contributed by atoms with van der Waals surface area (Å²) in [5.74, 6) is 2.39. The number of hydrogen-bond acceptors (Lipinski definition) is 4. The van der Waals surface area contributed by atoms with Crippen molar-refractivity contribution in [3.05, 3.63) is 53.5 Å². The third-order valence-corrected chi connectivity index (χ3v) is 3.37. The van der Waals surface area contributed by atoms with Crippen LogP contribution in [0.15, 0.2) is 40.8 Å². The monoisotopic (exact) mass is 289 g/mol. The third kappa shape index (κ3) is 4.09. The molecule has 0 bridgehead atoms.